The van der Waals surface area contributed by atoms with Gasteiger partial charge >= 0.3 is 0 Å². The molecule has 102 valence electrons. The number of imidazole rings is 1. The SMILES string of the molecule is Cc1cc(Br)c(-n2c(CCl)nc3cnccc32)cc1Cl. The van der Waals surface area contributed by atoms with Crippen LogP contribution in [0.4, 0.5) is 0 Å². The van der Waals surface area contributed by atoms with Crippen molar-refractivity contribution in [3.63, 3.8) is 0 Å². The van der Waals surface area contributed by atoms with E-state index < -0.39 is 0 Å². The maximum absolute atomic E-state index is 6.25. The lowest BCUT2D eigenvalue weighted by atomic mass is 10.2. The Morgan fingerprint density at radius 3 is 2.90 bits per heavy atom. The number of rotatable bonds is 2. The monoisotopic (exact) mass is 369 g/mol. The standard InChI is InChI=1S/C14H10BrCl2N3/c1-8-4-9(15)13(5-10(8)17)20-12-2-3-18-7-11(12)19-14(20)6-16/h2-5,7H,6H2,1H3. The number of aromatic nitrogens is 3. The van der Waals surface area contributed by atoms with Crippen molar-refractivity contribution in [2.45, 2.75) is 12.8 Å². The molecule has 0 bridgehead atoms. The molecule has 0 amide bonds. The van der Waals surface area contributed by atoms with Crippen molar-refractivity contribution in [1.82, 2.24) is 14.5 Å². The van der Waals surface area contributed by atoms with Crippen LogP contribution in [-0.4, -0.2) is 14.5 Å². The molecular weight excluding hydrogens is 361 g/mol. The maximum Gasteiger partial charge on any atom is 0.129 e. The first-order chi connectivity index (χ1) is 9.61. The number of halogens is 3. The molecule has 0 saturated carbocycles. The van der Waals surface area contributed by atoms with E-state index in [1.54, 1.807) is 12.4 Å². The summed E-state index contributed by atoms with van der Waals surface area (Å²) in [5.41, 5.74) is 3.70. The number of alkyl halides is 1. The molecule has 2 heterocycles. The summed E-state index contributed by atoms with van der Waals surface area (Å²) < 4.78 is 2.95. The van der Waals surface area contributed by atoms with E-state index in [9.17, 15) is 0 Å². The quantitative estimate of drug-likeness (QED) is 0.601. The first kappa shape index (κ1) is 13.9. The highest BCUT2D eigenvalue weighted by Crippen LogP contribution is 2.31. The fourth-order valence-electron chi connectivity index (χ4n) is 2.15. The first-order valence-corrected chi connectivity index (χ1v) is 7.65. The van der Waals surface area contributed by atoms with Crippen molar-refractivity contribution in [2.75, 3.05) is 0 Å². The third kappa shape index (κ3) is 2.22. The highest BCUT2D eigenvalue weighted by atomic mass is 79.9. The molecule has 6 heteroatoms. The third-order valence-electron chi connectivity index (χ3n) is 3.11. The van der Waals surface area contributed by atoms with Gasteiger partial charge < -0.3 is 0 Å². The Labute approximate surface area is 134 Å². The van der Waals surface area contributed by atoms with E-state index in [2.05, 4.69) is 25.9 Å². The summed E-state index contributed by atoms with van der Waals surface area (Å²) >= 11 is 15.9. The predicted octanol–water partition coefficient (Wildman–Crippen LogP) is 4.88. The Morgan fingerprint density at radius 2 is 2.15 bits per heavy atom. The summed E-state index contributed by atoms with van der Waals surface area (Å²) in [5, 5.41) is 0.708. The van der Waals surface area contributed by atoms with Gasteiger partial charge in [0.2, 0.25) is 0 Å². The van der Waals surface area contributed by atoms with Crippen LogP contribution in [0.5, 0.6) is 0 Å². The summed E-state index contributed by atoms with van der Waals surface area (Å²) in [7, 11) is 0. The molecule has 0 fully saturated rings. The molecule has 0 unspecified atom stereocenters. The van der Waals surface area contributed by atoms with Crippen LogP contribution in [0, 0.1) is 6.92 Å². The van der Waals surface area contributed by atoms with Crippen molar-refractivity contribution < 1.29 is 0 Å². The highest BCUT2D eigenvalue weighted by Gasteiger charge is 2.15. The normalized spacial score (nSPS) is 11.2. The Kier molecular flexibility index (Phi) is 3.71. The Hall–Kier alpha value is -1.10. The second-order valence-corrected chi connectivity index (χ2v) is 5.94. The largest absolute Gasteiger partial charge is 0.294 e. The number of benzene rings is 1. The number of aryl methyl sites for hydroxylation is 1. The number of fused-ring (bicyclic) bond motifs is 1. The zero-order valence-corrected chi connectivity index (χ0v) is 13.7. The molecule has 2 aromatic heterocycles. The van der Waals surface area contributed by atoms with Crippen molar-refractivity contribution in [3.8, 4) is 5.69 Å². The van der Waals surface area contributed by atoms with Crippen LogP contribution < -0.4 is 0 Å². The second-order valence-electron chi connectivity index (χ2n) is 4.41. The Morgan fingerprint density at radius 1 is 1.35 bits per heavy atom. The highest BCUT2D eigenvalue weighted by molar-refractivity contribution is 9.10. The average Bonchev–Trinajstić information content (AvgIpc) is 2.81. The predicted molar refractivity (Wildman–Crippen MR) is 85.9 cm³/mol. The summed E-state index contributed by atoms with van der Waals surface area (Å²) in [6.07, 6.45) is 3.47. The zero-order chi connectivity index (χ0) is 14.3. The van der Waals surface area contributed by atoms with E-state index in [0.717, 1.165) is 32.6 Å². The van der Waals surface area contributed by atoms with Crippen molar-refractivity contribution in [2.24, 2.45) is 0 Å². The van der Waals surface area contributed by atoms with Gasteiger partial charge in [-0.1, -0.05) is 11.6 Å². The lowest BCUT2D eigenvalue weighted by molar-refractivity contribution is 0.976. The molecule has 0 saturated heterocycles. The van der Waals surface area contributed by atoms with Gasteiger partial charge in [-0.05, 0) is 46.6 Å². The van der Waals surface area contributed by atoms with E-state index >= 15 is 0 Å². The van der Waals surface area contributed by atoms with Gasteiger partial charge in [-0.2, -0.15) is 0 Å². The molecule has 0 atom stereocenters. The molecule has 0 spiro atoms. The maximum atomic E-state index is 6.25. The lowest BCUT2D eigenvalue weighted by Gasteiger charge is -2.12. The molecule has 0 aliphatic carbocycles. The first-order valence-electron chi connectivity index (χ1n) is 5.95. The van der Waals surface area contributed by atoms with E-state index in [-0.39, 0.29) is 0 Å². The minimum atomic E-state index is 0.312. The molecule has 3 aromatic rings. The fourth-order valence-corrected chi connectivity index (χ4v) is 3.12. The van der Waals surface area contributed by atoms with Gasteiger partial charge in [-0.15, -0.1) is 11.6 Å². The van der Waals surface area contributed by atoms with E-state index in [4.69, 9.17) is 23.2 Å². The molecule has 1 aromatic carbocycles. The van der Waals surface area contributed by atoms with Gasteiger partial charge in [0.05, 0.1) is 23.3 Å². The Bertz CT molecular complexity index is 798. The van der Waals surface area contributed by atoms with Crippen LogP contribution in [0.2, 0.25) is 5.02 Å². The molecule has 3 nitrogen and oxygen atoms in total. The zero-order valence-electron chi connectivity index (χ0n) is 10.6. The van der Waals surface area contributed by atoms with Gasteiger partial charge in [0.1, 0.15) is 11.3 Å². The van der Waals surface area contributed by atoms with Gasteiger partial charge in [0, 0.05) is 15.7 Å². The minimum Gasteiger partial charge on any atom is -0.294 e. The fraction of sp³-hybridized carbons (Fsp3) is 0.143. The second kappa shape index (κ2) is 5.35. The van der Waals surface area contributed by atoms with Crippen LogP contribution in [-0.2, 0) is 5.88 Å². The third-order valence-corrected chi connectivity index (χ3v) is 4.40. The smallest absolute Gasteiger partial charge is 0.129 e. The molecule has 0 N–H and O–H groups in total. The topological polar surface area (TPSA) is 30.7 Å². The summed E-state index contributed by atoms with van der Waals surface area (Å²) in [4.78, 5) is 8.60. The van der Waals surface area contributed by atoms with E-state index in [1.807, 2.05) is 29.7 Å². The van der Waals surface area contributed by atoms with Crippen molar-refractivity contribution in [1.29, 1.82) is 0 Å². The molecule has 0 radical (unpaired) electrons. The van der Waals surface area contributed by atoms with Crippen LogP contribution in [0.25, 0.3) is 16.7 Å². The van der Waals surface area contributed by atoms with Gasteiger partial charge in [-0.25, -0.2) is 4.98 Å². The van der Waals surface area contributed by atoms with E-state index in [0.29, 0.717) is 10.9 Å². The van der Waals surface area contributed by atoms with Crippen LogP contribution >= 0.6 is 39.1 Å². The van der Waals surface area contributed by atoms with Crippen LogP contribution in [0.3, 0.4) is 0 Å². The number of hydrogen-bond donors (Lipinski definition) is 0. The van der Waals surface area contributed by atoms with Crippen molar-refractivity contribution >= 4 is 50.2 Å². The van der Waals surface area contributed by atoms with Gasteiger partial charge in [0.15, 0.2) is 0 Å². The number of pyridine rings is 1. The van der Waals surface area contributed by atoms with Crippen molar-refractivity contribution in [3.05, 3.63) is 51.5 Å². The minimum absolute atomic E-state index is 0.312. The molecular formula is C14H10BrCl2N3. The summed E-state index contributed by atoms with van der Waals surface area (Å²) in [5.74, 6) is 1.07. The molecule has 0 aliphatic rings. The van der Waals surface area contributed by atoms with E-state index in [1.165, 1.54) is 0 Å². The van der Waals surface area contributed by atoms with Crippen LogP contribution in [0.15, 0.2) is 35.1 Å². The van der Waals surface area contributed by atoms with Gasteiger partial charge in [0.25, 0.3) is 0 Å². The Balaban J connectivity index is 2.36. The number of hydrogen-bond acceptors (Lipinski definition) is 2. The molecule has 0 aliphatic heterocycles. The summed E-state index contributed by atoms with van der Waals surface area (Å²) in [6.45, 7) is 1.97. The lowest BCUT2D eigenvalue weighted by Crippen LogP contribution is -2.01. The summed E-state index contributed by atoms with van der Waals surface area (Å²) in [6, 6.07) is 5.82. The number of nitrogens with zero attached hydrogens (tertiary/aromatic N) is 3. The molecule has 20 heavy (non-hydrogen) atoms. The van der Waals surface area contributed by atoms with Crippen LogP contribution in [0.1, 0.15) is 11.4 Å². The average molecular weight is 371 g/mol. The van der Waals surface area contributed by atoms with Gasteiger partial charge in [-0.3, -0.25) is 9.55 Å². The molecule has 3 rings (SSSR count).